The van der Waals surface area contributed by atoms with E-state index in [2.05, 4.69) is 30.4 Å². The Kier molecular flexibility index (Phi) is 4.05. The van der Waals surface area contributed by atoms with E-state index in [1.54, 1.807) is 0 Å². The molecule has 1 aliphatic carbocycles. The van der Waals surface area contributed by atoms with Gasteiger partial charge in [0.2, 0.25) is 5.91 Å². The maximum Gasteiger partial charge on any atom is 0.317 e. The standard InChI is InChI=1S/C17H23N3O2/c1-2-11-3-4-13-10-20(6-5-12(13)7-11)17(22)19-15-8-14(9-15)16(18)21/h3-4,7,14-15H,2,5-6,8-10H2,1H3,(H2,18,21)(H,19,22). The fourth-order valence-corrected chi connectivity index (χ4v) is 3.23. The number of rotatable bonds is 3. The van der Waals surface area contributed by atoms with Crippen molar-refractivity contribution in [3.05, 3.63) is 34.9 Å². The van der Waals surface area contributed by atoms with Gasteiger partial charge in [-0.05, 0) is 42.4 Å². The number of nitrogens with one attached hydrogen (secondary N) is 1. The Hall–Kier alpha value is -2.04. The Labute approximate surface area is 130 Å². The first-order valence-corrected chi connectivity index (χ1v) is 8.02. The van der Waals surface area contributed by atoms with E-state index in [0.717, 1.165) is 19.4 Å². The molecule has 0 unspecified atom stereocenters. The molecule has 0 aromatic heterocycles. The average Bonchev–Trinajstić information content (AvgIpc) is 2.48. The van der Waals surface area contributed by atoms with Crippen LogP contribution in [0.15, 0.2) is 18.2 Å². The number of primary amides is 1. The van der Waals surface area contributed by atoms with Gasteiger partial charge in [-0.3, -0.25) is 4.79 Å². The van der Waals surface area contributed by atoms with Gasteiger partial charge >= 0.3 is 6.03 Å². The van der Waals surface area contributed by atoms with Crippen LogP contribution in [-0.4, -0.2) is 29.4 Å². The topological polar surface area (TPSA) is 75.4 Å². The van der Waals surface area contributed by atoms with Gasteiger partial charge in [-0.2, -0.15) is 0 Å². The number of aryl methyl sites for hydroxylation is 1. The molecule has 1 saturated carbocycles. The number of carbonyl (C=O) groups is 2. The van der Waals surface area contributed by atoms with Crippen molar-refractivity contribution in [3.8, 4) is 0 Å². The highest BCUT2D eigenvalue weighted by atomic mass is 16.2. The van der Waals surface area contributed by atoms with Crippen LogP contribution in [0.5, 0.6) is 0 Å². The van der Waals surface area contributed by atoms with Crippen LogP contribution in [0.2, 0.25) is 0 Å². The van der Waals surface area contributed by atoms with Crippen LogP contribution < -0.4 is 11.1 Å². The van der Waals surface area contributed by atoms with Crippen molar-refractivity contribution in [1.29, 1.82) is 0 Å². The zero-order valence-electron chi connectivity index (χ0n) is 13.0. The third kappa shape index (κ3) is 2.93. The van der Waals surface area contributed by atoms with Gasteiger partial charge in [-0.1, -0.05) is 25.1 Å². The maximum atomic E-state index is 12.3. The van der Waals surface area contributed by atoms with E-state index >= 15 is 0 Å². The van der Waals surface area contributed by atoms with Gasteiger partial charge in [0.25, 0.3) is 0 Å². The van der Waals surface area contributed by atoms with E-state index in [1.165, 1.54) is 16.7 Å². The molecule has 1 aromatic rings. The van der Waals surface area contributed by atoms with Gasteiger partial charge in [0, 0.05) is 25.0 Å². The van der Waals surface area contributed by atoms with E-state index in [-0.39, 0.29) is 23.9 Å². The summed E-state index contributed by atoms with van der Waals surface area (Å²) in [4.78, 5) is 25.2. The van der Waals surface area contributed by atoms with Crippen molar-refractivity contribution in [2.75, 3.05) is 6.54 Å². The summed E-state index contributed by atoms with van der Waals surface area (Å²) in [6.45, 7) is 3.57. The van der Waals surface area contributed by atoms with E-state index in [4.69, 9.17) is 5.73 Å². The fourth-order valence-electron chi connectivity index (χ4n) is 3.23. The first kappa shape index (κ1) is 14.9. The minimum absolute atomic E-state index is 0.0295. The average molecular weight is 301 g/mol. The largest absolute Gasteiger partial charge is 0.369 e. The van der Waals surface area contributed by atoms with Gasteiger partial charge in [-0.25, -0.2) is 4.79 Å². The minimum atomic E-state index is -0.260. The molecule has 1 aromatic carbocycles. The van der Waals surface area contributed by atoms with Gasteiger partial charge in [0.1, 0.15) is 0 Å². The molecule has 2 aliphatic rings. The number of fused-ring (bicyclic) bond motifs is 1. The molecule has 0 radical (unpaired) electrons. The van der Waals surface area contributed by atoms with E-state index < -0.39 is 0 Å². The summed E-state index contributed by atoms with van der Waals surface area (Å²) in [6.07, 6.45) is 3.29. The molecule has 3 rings (SSSR count). The lowest BCUT2D eigenvalue weighted by atomic mass is 9.80. The summed E-state index contributed by atoms with van der Waals surface area (Å²) >= 11 is 0. The third-order valence-corrected chi connectivity index (χ3v) is 4.85. The molecule has 0 spiro atoms. The highest BCUT2D eigenvalue weighted by Crippen LogP contribution is 2.27. The second-order valence-corrected chi connectivity index (χ2v) is 6.35. The number of urea groups is 1. The predicted octanol–water partition coefficient (Wildman–Crippen LogP) is 1.58. The Bertz CT molecular complexity index is 594. The Balaban J connectivity index is 1.56. The van der Waals surface area contributed by atoms with Crippen LogP contribution in [0.3, 0.4) is 0 Å². The molecule has 1 heterocycles. The third-order valence-electron chi connectivity index (χ3n) is 4.85. The fraction of sp³-hybridized carbons (Fsp3) is 0.529. The van der Waals surface area contributed by atoms with Crippen molar-refractivity contribution in [1.82, 2.24) is 10.2 Å². The lowest BCUT2D eigenvalue weighted by molar-refractivity contribution is -0.124. The molecule has 0 saturated heterocycles. The number of nitrogens with zero attached hydrogens (tertiary/aromatic N) is 1. The summed E-state index contributed by atoms with van der Waals surface area (Å²) in [5, 5.41) is 3.00. The zero-order chi connectivity index (χ0) is 15.7. The molecular weight excluding hydrogens is 278 g/mol. The molecule has 5 heteroatoms. The lowest BCUT2D eigenvalue weighted by Crippen LogP contribution is -2.52. The molecule has 1 fully saturated rings. The molecule has 5 nitrogen and oxygen atoms in total. The van der Waals surface area contributed by atoms with Crippen molar-refractivity contribution < 1.29 is 9.59 Å². The molecule has 118 valence electrons. The Morgan fingerprint density at radius 3 is 2.77 bits per heavy atom. The SMILES string of the molecule is CCc1ccc2c(c1)CCN(C(=O)NC1CC(C(N)=O)C1)C2. The summed E-state index contributed by atoms with van der Waals surface area (Å²) in [5.74, 6) is -0.330. The second kappa shape index (κ2) is 5.99. The summed E-state index contributed by atoms with van der Waals surface area (Å²) in [7, 11) is 0. The van der Waals surface area contributed by atoms with Crippen LogP contribution in [0, 0.1) is 5.92 Å². The summed E-state index contributed by atoms with van der Waals surface area (Å²) in [5.41, 5.74) is 9.20. The number of amides is 3. The molecule has 0 atom stereocenters. The quantitative estimate of drug-likeness (QED) is 0.889. The van der Waals surface area contributed by atoms with E-state index in [0.29, 0.717) is 19.4 Å². The van der Waals surface area contributed by atoms with E-state index in [9.17, 15) is 9.59 Å². The van der Waals surface area contributed by atoms with Gasteiger partial charge in [0.15, 0.2) is 0 Å². The monoisotopic (exact) mass is 301 g/mol. The normalized spacial score (nSPS) is 23.4. The van der Waals surface area contributed by atoms with Gasteiger partial charge < -0.3 is 16.0 Å². The molecule has 22 heavy (non-hydrogen) atoms. The molecule has 3 N–H and O–H groups in total. The number of hydrogen-bond donors (Lipinski definition) is 2. The van der Waals surface area contributed by atoms with Crippen LogP contribution in [0.25, 0.3) is 0 Å². The zero-order valence-corrected chi connectivity index (χ0v) is 13.0. The van der Waals surface area contributed by atoms with Crippen LogP contribution >= 0.6 is 0 Å². The highest BCUT2D eigenvalue weighted by Gasteiger charge is 2.35. The van der Waals surface area contributed by atoms with Crippen molar-refractivity contribution in [2.45, 2.75) is 45.2 Å². The number of hydrogen-bond acceptors (Lipinski definition) is 2. The Morgan fingerprint density at radius 2 is 2.09 bits per heavy atom. The summed E-state index contributed by atoms with van der Waals surface area (Å²) < 4.78 is 0. The number of nitrogens with two attached hydrogens (primary N) is 1. The smallest absolute Gasteiger partial charge is 0.317 e. The van der Waals surface area contributed by atoms with E-state index in [1.807, 2.05) is 4.90 Å². The van der Waals surface area contributed by atoms with Crippen LogP contribution in [0.1, 0.15) is 36.5 Å². The van der Waals surface area contributed by atoms with Crippen molar-refractivity contribution in [2.24, 2.45) is 11.7 Å². The lowest BCUT2D eigenvalue weighted by Gasteiger charge is -2.36. The van der Waals surface area contributed by atoms with Crippen molar-refractivity contribution in [3.63, 3.8) is 0 Å². The summed E-state index contributed by atoms with van der Waals surface area (Å²) in [6, 6.07) is 6.60. The van der Waals surface area contributed by atoms with Crippen molar-refractivity contribution >= 4 is 11.9 Å². The Morgan fingerprint density at radius 1 is 1.32 bits per heavy atom. The van der Waals surface area contributed by atoms with Crippen LogP contribution in [0.4, 0.5) is 4.79 Å². The minimum Gasteiger partial charge on any atom is -0.369 e. The second-order valence-electron chi connectivity index (χ2n) is 6.35. The molecular formula is C17H23N3O2. The molecule has 0 bridgehead atoms. The molecule has 1 aliphatic heterocycles. The van der Waals surface area contributed by atoms with Gasteiger partial charge in [0.05, 0.1) is 0 Å². The van der Waals surface area contributed by atoms with Gasteiger partial charge in [-0.15, -0.1) is 0 Å². The molecule has 3 amide bonds. The number of carbonyl (C=O) groups excluding carboxylic acids is 2. The highest BCUT2D eigenvalue weighted by molar-refractivity contribution is 5.79. The predicted molar refractivity (Wildman–Crippen MR) is 84.2 cm³/mol. The number of benzene rings is 1. The first-order chi connectivity index (χ1) is 10.6. The maximum absolute atomic E-state index is 12.3. The first-order valence-electron chi connectivity index (χ1n) is 8.02. The van der Waals surface area contributed by atoms with Crippen LogP contribution in [-0.2, 0) is 24.2 Å².